The van der Waals surface area contributed by atoms with E-state index >= 15 is 0 Å². The van der Waals surface area contributed by atoms with E-state index in [1.54, 1.807) is 13.0 Å². The van der Waals surface area contributed by atoms with Crippen molar-refractivity contribution in [3.8, 4) is 5.69 Å². The van der Waals surface area contributed by atoms with Crippen LogP contribution in [0.15, 0.2) is 18.5 Å². The van der Waals surface area contributed by atoms with Gasteiger partial charge in [-0.25, -0.2) is 9.48 Å². The second kappa shape index (κ2) is 7.35. The number of carbonyl (C=O) groups is 1. The largest absolute Gasteiger partial charge is 0.462 e. The third-order valence-corrected chi connectivity index (χ3v) is 3.91. The van der Waals surface area contributed by atoms with Crippen molar-refractivity contribution in [2.24, 2.45) is 0 Å². The van der Waals surface area contributed by atoms with E-state index in [0.717, 1.165) is 4.68 Å². The number of nitrogen functional groups attached to an aromatic ring is 1. The van der Waals surface area contributed by atoms with Crippen LogP contribution >= 0.6 is 0 Å². The van der Waals surface area contributed by atoms with Crippen molar-refractivity contribution < 1.29 is 19.2 Å². The van der Waals surface area contributed by atoms with Crippen molar-refractivity contribution in [3.63, 3.8) is 0 Å². The maximum Gasteiger partial charge on any atom is 0.389 e. The summed E-state index contributed by atoms with van der Waals surface area (Å²) in [6.07, 6.45) is 2.65. The summed E-state index contributed by atoms with van der Waals surface area (Å²) in [5.74, 6) is -1.10. The Balaban J connectivity index is 2.05. The molecular weight excluding hydrogens is 344 g/mol. The average Bonchev–Trinajstić information content (AvgIpc) is 3.03. The summed E-state index contributed by atoms with van der Waals surface area (Å²) in [6.45, 7) is 4.24. The topological polar surface area (TPSA) is 139 Å². The van der Waals surface area contributed by atoms with Crippen LogP contribution in [0.1, 0.15) is 17.3 Å². The van der Waals surface area contributed by atoms with E-state index in [2.05, 4.69) is 10.1 Å². The Morgan fingerprint density at radius 1 is 1.42 bits per heavy atom. The molecule has 0 atom stereocenters. The molecule has 11 nitrogen and oxygen atoms in total. The number of nitro groups is 1. The highest BCUT2D eigenvalue weighted by Gasteiger charge is 2.25. The Labute approximate surface area is 148 Å². The second-order valence-corrected chi connectivity index (χ2v) is 5.47. The van der Waals surface area contributed by atoms with E-state index in [4.69, 9.17) is 15.2 Å². The zero-order valence-electron chi connectivity index (χ0n) is 14.1. The number of aromatic nitrogens is 3. The lowest BCUT2D eigenvalue weighted by Crippen LogP contribution is -2.36. The zero-order valence-corrected chi connectivity index (χ0v) is 14.1. The lowest BCUT2D eigenvalue weighted by molar-refractivity contribution is -0.389. The van der Waals surface area contributed by atoms with Gasteiger partial charge >= 0.3 is 11.8 Å². The number of carbonyl (C=O) groups excluding carboxylic acids is 1. The monoisotopic (exact) mass is 362 g/mol. The van der Waals surface area contributed by atoms with Crippen LogP contribution in [-0.4, -0.2) is 58.6 Å². The van der Waals surface area contributed by atoms with Gasteiger partial charge in [0.2, 0.25) is 0 Å². The molecule has 0 amide bonds. The van der Waals surface area contributed by atoms with Crippen LogP contribution in [0, 0.1) is 10.1 Å². The molecule has 3 rings (SSSR count). The van der Waals surface area contributed by atoms with Crippen molar-refractivity contribution in [3.05, 3.63) is 34.1 Å². The number of rotatable bonds is 5. The van der Waals surface area contributed by atoms with Gasteiger partial charge in [-0.15, -0.1) is 0 Å². The van der Waals surface area contributed by atoms with Gasteiger partial charge < -0.3 is 30.2 Å². The van der Waals surface area contributed by atoms with Gasteiger partial charge in [-0.1, -0.05) is 0 Å². The number of anilines is 2. The van der Waals surface area contributed by atoms with Gasteiger partial charge in [-0.2, -0.15) is 5.10 Å². The molecule has 1 fully saturated rings. The lowest BCUT2D eigenvalue weighted by Gasteiger charge is -2.28. The fraction of sp³-hybridized carbons (Fsp3) is 0.400. The molecule has 11 heteroatoms. The molecule has 1 aliphatic heterocycles. The minimum Gasteiger partial charge on any atom is -0.462 e. The Morgan fingerprint density at radius 3 is 2.81 bits per heavy atom. The van der Waals surface area contributed by atoms with E-state index in [-0.39, 0.29) is 23.7 Å². The first kappa shape index (κ1) is 17.6. The van der Waals surface area contributed by atoms with E-state index < -0.39 is 16.7 Å². The number of esters is 1. The van der Waals surface area contributed by atoms with E-state index in [1.807, 2.05) is 4.90 Å². The van der Waals surface area contributed by atoms with Gasteiger partial charge in [-0.05, 0) is 22.9 Å². The normalized spacial score (nSPS) is 14.3. The number of hydrogen-bond acceptors (Lipinski definition) is 9. The summed E-state index contributed by atoms with van der Waals surface area (Å²) in [5.41, 5.74) is 6.78. The number of pyridine rings is 1. The third kappa shape index (κ3) is 3.28. The summed E-state index contributed by atoms with van der Waals surface area (Å²) in [5, 5.41) is 15.4. The first-order chi connectivity index (χ1) is 12.5. The molecule has 3 heterocycles. The first-order valence-electron chi connectivity index (χ1n) is 8.01. The molecule has 0 aromatic carbocycles. The smallest absolute Gasteiger partial charge is 0.389 e. The molecule has 0 bridgehead atoms. The summed E-state index contributed by atoms with van der Waals surface area (Å²) in [7, 11) is 0. The Bertz CT molecular complexity index is 830. The van der Waals surface area contributed by atoms with Crippen molar-refractivity contribution in [1.29, 1.82) is 0 Å². The minimum absolute atomic E-state index is 0.0397. The molecule has 0 spiro atoms. The van der Waals surface area contributed by atoms with Crippen LogP contribution in [0.2, 0.25) is 0 Å². The molecule has 0 unspecified atom stereocenters. The molecule has 138 valence electrons. The summed E-state index contributed by atoms with van der Waals surface area (Å²) < 4.78 is 11.3. The van der Waals surface area contributed by atoms with Crippen molar-refractivity contribution in [2.75, 3.05) is 43.5 Å². The van der Waals surface area contributed by atoms with E-state index in [0.29, 0.717) is 32.0 Å². The number of nitrogens with zero attached hydrogens (tertiary/aromatic N) is 5. The van der Waals surface area contributed by atoms with Crippen molar-refractivity contribution >= 4 is 23.3 Å². The maximum absolute atomic E-state index is 11.9. The third-order valence-electron chi connectivity index (χ3n) is 3.91. The zero-order chi connectivity index (χ0) is 18.7. The molecule has 1 aliphatic rings. The van der Waals surface area contributed by atoms with Gasteiger partial charge in [0, 0.05) is 13.1 Å². The SMILES string of the molecule is CCOC(=O)c1cnn(-c2cc(N3CCOCC3)cnc2[N+](=O)[O-])c1N. The molecule has 2 aromatic heterocycles. The summed E-state index contributed by atoms with van der Waals surface area (Å²) in [6, 6.07) is 1.58. The molecule has 1 saturated heterocycles. The van der Waals surface area contributed by atoms with Crippen molar-refractivity contribution in [2.45, 2.75) is 6.92 Å². The van der Waals surface area contributed by atoms with Gasteiger partial charge in [0.25, 0.3) is 0 Å². The van der Waals surface area contributed by atoms with Gasteiger partial charge in [0.15, 0.2) is 11.9 Å². The first-order valence-corrected chi connectivity index (χ1v) is 8.01. The minimum atomic E-state index is -0.642. The number of hydrogen-bond donors (Lipinski definition) is 1. The molecule has 2 aromatic rings. The molecule has 0 aliphatic carbocycles. The number of nitrogens with two attached hydrogens (primary N) is 1. The van der Waals surface area contributed by atoms with Crippen LogP contribution < -0.4 is 10.6 Å². The molecule has 0 saturated carbocycles. The van der Waals surface area contributed by atoms with Gasteiger partial charge in [-0.3, -0.25) is 0 Å². The highest BCUT2D eigenvalue weighted by Crippen LogP contribution is 2.28. The fourth-order valence-electron chi connectivity index (χ4n) is 2.64. The van der Waals surface area contributed by atoms with Crippen LogP contribution in [0.4, 0.5) is 17.3 Å². The molecular formula is C15H18N6O5. The van der Waals surface area contributed by atoms with Crippen molar-refractivity contribution in [1.82, 2.24) is 14.8 Å². The van der Waals surface area contributed by atoms with E-state index in [1.165, 1.54) is 12.4 Å². The number of ether oxygens (including phenoxy) is 2. The van der Waals surface area contributed by atoms with E-state index in [9.17, 15) is 14.9 Å². The van der Waals surface area contributed by atoms with Crippen LogP contribution in [-0.2, 0) is 9.47 Å². The highest BCUT2D eigenvalue weighted by molar-refractivity contribution is 5.94. The predicted molar refractivity (Wildman–Crippen MR) is 91.4 cm³/mol. The summed E-state index contributed by atoms with van der Waals surface area (Å²) >= 11 is 0. The fourth-order valence-corrected chi connectivity index (χ4v) is 2.64. The summed E-state index contributed by atoms with van der Waals surface area (Å²) in [4.78, 5) is 28.6. The van der Waals surface area contributed by atoms with Crippen LogP contribution in [0.5, 0.6) is 0 Å². The molecule has 26 heavy (non-hydrogen) atoms. The van der Waals surface area contributed by atoms with Gasteiger partial charge in [0.1, 0.15) is 11.4 Å². The van der Waals surface area contributed by atoms with Crippen LogP contribution in [0.25, 0.3) is 5.69 Å². The maximum atomic E-state index is 11.9. The predicted octanol–water partition coefficient (Wildman–Crippen LogP) is 0.771. The standard InChI is InChI=1S/C15H18N6O5/c1-2-26-15(22)11-9-18-20(13(11)16)12-7-10(8-17-14(12)21(23)24)19-3-5-25-6-4-19/h7-9H,2-6,16H2,1H3. The van der Waals surface area contributed by atoms with Crippen LogP contribution in [0.3, 0.4) is 0 Å². The lowest BCUT2D eigenvalue weighted by atomic mass is 10.3. The van der Waals surface area contributed by atoms with Gasteiger partial charge in [0.05, 0.1) is 31.7 Å². The molecule has 0 radical (unpaired) electrons. The number of morpholine rings is 1. The highest BCUT2D eigenvalue weighted by atomic mass is 16.6. The second-order valence-electron chi connectivity index (χ2n) is 5.47. The quantitative estimate of drug-likeness (QED) is 0.464. The Morgan fingerprint density at radius 2 is 2.15 bits per heavy atom. The Hall–Kier alpha value is -3.21. The molecule has 2 N–H and O–H groups in total. The average molecular weight is 362 g/mol. The Kier molecular flexibility index (Phi) is 4.98.